The molecule has 1 aromatic heterocycles. The zero-order chi connectivity index (χ0) is 18.0. The number of benzene rings is 1. The largest absolute Gasteiger partial charge is 0.489 e. The number of aromatic nitrogens is 2. The smallest absolute Gasteiger partial charge is 0.165 e. The minimum absolute atomic E-state index is 0.301. The third kappa shape index (κ3) is 3.62. The van der Waals surface area contributed by atoms with Gasteiger partial charge in [-0.25, -0.2) is 9.37 Å². The standard InChI is InChI=1S/C20H27FN4O/c1-24-11-10-23-19(24)15-25(18-14-20(18)6-8-22-9-7-20)12-13-26-17-5-3-2-4-16(17)21/h2-5,10-11,18,22H,6-9,12-15H2,1H3. The number of rotatable bonds is 7. The van der Waals surface area contributed by atoms with Crippen molar-refractivity contribution in [3.63, 3.8) is 0 Å². The lowest BCUT2D eigenvalue weighted by Gasteiger charge is -2.29. The highest BCUT2D eigenvalue weighted by Crippen LogP contribution is 2.55. The maximum Gasteiger partial charge on any atom is 0.165 e. The molecule has 0 bridgehead atoms. The van der Waals surface area contributed by atoms with Gasteiger partial charge in [-0.3, -0.25) is 4.90 Å². The highest BCUT2D eigenvalue weighted by atomic mass is 19.1. The molecular weight excluding hydrogens is 331 g/mol. The number of piperidine rings is 1. The molecule has 26 heavy (non-hydrogen) atoms. The average Bonchev–Trinajstić information content (AvgIpc) is 3.17. The lowest BCUT2D eigenvalue weighted by Crippen LogP contribution is -2.38. The molecule has 2 heterocycles. The minimum atomic E-state index is -0.301. The molecule has 4 rings (SSSR count). The number of ether oxygens (including phenoxy) is 1. The van der Waals surface area contributed by atoms with Crippen molar-refractivity contribution in [3.8, 4) is 5.75 Å². The quantitative estimate of drug-likeness (QED) is 0.826. The summed E-state index contributed by atoms with van der Waals surface area (Å²) in [5, 5.41) is 3.46. The Labute approximate surface area is 154 Å². The summed E-state index contributed by atoms with van der Waals surface area (Å²) < 4.78 is 21.6. The second-order valence-electron chi connectivity index (χ2n) is 7.54. The zero-order valence-electron chi connectivity index (χ0n) is 15.3. The Bertz CT molecular complexity index is 741. The van der Waals surface area contributed by atoms with Crippen LogP contribution >= 0.6 is 0 Å². The van der Waals surface area contributed by atoms with Crippen molar-refractivity contribution < 1.29 is 9.13 Å². The topological polar surface area (TPSA) is 42.3 Å². The number of hydrogen-bond acceptors (Lipinski definition) is 4. The van der Waals surface area contributed by atoms with Gasteiger partial charge in [-0.05, 0) is 49.9 Å². The Morgan fingerprint density at radius 3 is 2.88 bits per heavy atom. The van der Waals surface area contributed by atoms with Crippen molar-refractivity contribution in [1.29, 1.82) is 0 Å². The van der Waals surface area contributed by atoms with Gasteiger partial charge >= 0.3 is 0 Å². The average molecular weight is 358 g/mol. The fourth-order valence-electron chi connectivity index (χ4n) is 4.21. The lowest BCUT2D eigenvalue weighted by molar-refractivity contribution is 0.156. The number of para-hydroxylation sites is 1. The number of nitrogens with zero attached hydrogens (tertiary/aromatic N) is 3. The Balaban J connectivity index is 1.41. The number of hydrogen-bond donors (Lipinski definition) is 1. The van der Waals surface area contributed by atoms with E-state index in [-0.39, 0.29) is 5.82 Å². The van der Waals surface area contributed by atoms with E-state index in [4.69, 9.17) is 4.74 Å². The number of nitrogens with one attached hydrogen (secondary N) is 1. The van der Waals surface area contributed by atoms with Gasteiger partial charge in [0, 0.05) is 32.0 Å². The summed E-state index contributed by atoms with van der Waals surface area (Å²) in [4.78, 5) is 6.97. The molecule has 1 spiro atoms. The molecule has 0 amide bonds. The molecule has 1 atom stereocenters. The predicted octanol–water partition coefficient (Wildman–Crippen LogP) is 2.58. The summed E-state index contributed by atoms with van der Waals surface area (Å²) in [5.41, 5.74) is 0.453. The van der Waals surface area contributed by atoms with Crippen LogP contribution in [0.5, 0.6) is 5.75 Å². The normalized spacial score (nSPS) is 21.3. The van der Waals surface area contributed by atoms with Crippen LogP contribution in [-0.4, -0.2) is 46.7 Å². The highest BCUT2D eigenvalue weighted by molar-refractivity contribution is 5.23. The van der Waals surface area contributed by atoms with E-state index in [0.717, 1.165) is 32.0 Å². The van der Waals surface area contributed by atoms with Gasteiger partial charge < -0.3 is 14.6 Å². The summed E-state index contributed by atoms with van der Waals surface area (Å²) in [6.07, 6.45) is 7.55. The SMILES string of the molecule is Cn1ccnc1CN(CCOc1ccccc1F)C1CC12CCNCC2. The van der Waals surface area contributed by atoms with Crippen LogP contribution in [0.2, 0.25) is 0 Å². The van der Waals surface area contributed by atoms with Crippen molar-refractivity contribution >= 4 is 0 Å². The van der Waals surface area contributed by atoms with Crippen LogP contribution in [0.25, 0.3) is 0 Å². The molecule has 2 aliphatic rings. The van der Waals surface area contributed by atoms with E-state index >= 15 is 0 Å². The Kier molecular flexibility index (Phi) is 4.96. The molecule has 2 aromatic rings. The van der Waals surface area contributed by atoms with Gasteiger partial charge in [-0.2, -0.15) is 0 Å². The molecular formula is C20H27FN4O. The van der Waals surface area contributed by atoms with E-state index < -0.39 is 0 Å². The monoisotopic (exact) mass is 358 g/mol. The predicted molar refractivity (Wildman–Crippen MR) is 98.5 cm³/mol. The van der Waals surface area contributed by atoms with E-state index in [1.165, 1.54) is 25.3 Å². The van der Waals surface area contributed by atoms with Gasteiger partial charge in [0.15, 0.2) is 11.6 Å². The molecule has 1 unspecified atom stereocenters. The molecule has 5 nitrogen and oxygen atoms in total. The van der Waals surface area contributed by atoms with Gasteiger partial charge in [0.25, 0.3) is 0 Å². The van der Waals surface area contributed by atoms with E-state index in [0.29, 0.717) is 23.8 Å². The first-order chi connectivity index (χ1) is 12.7. The number of halogens is 1. The third-order valence-electron chi connectivity index (χ3n) is 5.92. The van der Waals surface area contributed by atoms with Crippen molar-refractivity contribution in [3.05, 3.63) is 48.3 Å². The maximum atomic E-state index is 13.8. The van der Waals surface area contributed by atoms with Crippen molar-refractivity contribution in [2.45, 2.75) is 31.8 Å². The summed E-state index contributed by atoms with van der Waals surface area (Å²) >= 11 is 0. The van der Waals surface area contributed by atoms with Gasteiger partial charge in [0.1, 0.15) is 12.4 Å². The zero-order valence-corrected chi connectivity index (χ0v) is 15.3. The molecule has 140 valence electrons. The summed E-state index contributed by atoms with van der Waals surface area (Å²) in [6.45, 7) is 4.29. The van der Waals surface area contributed by atoms with Gasteiger partial charge in [0.05, 0.1) is 6.54 Å². The van der Waals surface area contributed by atoms with Gasteiger partial charge in [-0.15, -0.1) is 0 Å². The Morgan fingerprint density at radius 1 is 1.35 bits per heavy atom. The van der Waals surface area contributed by atoms with Crippen LogP contribution in [0.3, 0.4) is 0 Å². The van der Waals surface area contributed by atoms with E-state index in [9.17, 15) is 4.39 Å². The fourth-order valence-corrected chi connectivity index (χ4v) is 4.21. The highest BCUT2D eigenvalue weighted by Gasteiger charge is 2.56. The third-order valence-corrected chi connectivity index (χ3v) is 5.92. The second-order valence-corrected chi connectivity index (χ2v) is 7.54. The Hall–Kier alpha value is -1.92. The van der Waals surface area contributed by atoms with Crippen LogP contribution < -0.4 is 10.1 Å². The molecule has 1 aromatic carbocycles. The fraction of sp³-hybridized carbons (Fsp3) is 0.550. The molecule has 1 saturated carbocycles. The molecule has 6 heteroatoms. The number of aryl methyl sites for hydroxylation is 1. The first kappa shape index (κ1) is 17.5. The van der Waals surface area contributed by atoms with Crippen LogP contribution in [0, 0.1) is 11.2 Å². The molecule has 0 radical (unpaired) electrons. The van der Waals surface area contributed by atoms with Crippen molar-refractivity contribution in [2.24, 2.45) is 12.5 Å². The van der Waals surface area contributed by atoms with Crippen molar-refractivity contribution in [2.75, 3.05) is 26.2 Å². The summed E-state index contributed by atoms with van der Waals surface area (Å²) in [6, 6.07) is 7.18. The van der Waals surface area contributed by atoms with Crippen LogP contribution in [-0.2, 0) is 13.6 Å². The Morgan fingerprint density at radius 2 is 2.15 bits per heavy atom. The molecule has 1 N–H and O–H groups in total. The number of imidazole rings is 1. The lowest BCUT2D eigenvalue weighted by atomic mass is 9.93. The minimum Gasteiger partial charge on any atom is -0.489 e. The molecule has 1 aliphatic heterocycles. The first-order valence-corrected chi connectivity index (χ1v) is 9.46. The van der Waals surface area contributed by atoms with E-state index in [1.54, 1.807) is 18.2 Å². The molecule has 1 saturated heterocycles. The molecule has 1 aliphatic carbocycles. The van der Waals surface area contributed by atoms with Crippen LogP contribution in [0.15, 0.2) is 36.7 Å². The molecule has 2 fully saturated rings. The van der Waals surface area contributed by atoms with Gasteiger partial charge in [-0.1, -0.05) is 12.1 Å². The van der Waals surface area contributed by atoms with Crippen LogP contribution in [0.1, 0.15) is 25.1 Å². The van der Waals surface area contributed by atoms with Crippen LogP contribution in [0.4, 0.5) is 4.39 Å². The van der Waals surface area contributed by atoms with E-state index in [1.807, 2.05) is 19.4 Å². The second kappa shape index (κ2) is 7.37. The van der Waals surface area contributed by atoms with Gasteiger partial charge in [0.2, 0.25) is 0 Å². The summed E-state index contributed by atoms with van der Waals surface area (Å²) in [5.74, 6) is 1.09. The van der Waals surface area contributed by atoms with Crippen molar-refractivity contribution in [1.82, 2.24) is 19.8 Å². The maximum absolute atomic E-state index is 13.8. The van der Waals surface area contributed by atoms with E-state index in [2.05, 4.69) is 19.8 Å². The summed E-state index contributed by atoms with van der Waals surface area (Å²) in [7, 11) is 2.03. The first-order valence-electron chi connectivity index (χ1n) is 9.46.